The number of nitrogens with one attached hydrogen (secondary N) is 2. The molecule has 0 saturated carbocycles. The van der Waals surface area contributed by atoms with E-state index in [2.05, 4.69) is 33.7 Å². The van der Waals surface area contributed by atoms with Crippen LogP contribution in [0.5, 0.6) is 0 Å². The lowest BCUT2D eigenvalue weighted by Gasteiger charge is -2.34. The fourth-order valence-electron chi connectivity index (χ4n) is 4.45. The van der Waals surface area contributed by atoms with Gasteiger partial charge in [0.1, 0.15) is 6.10 Å². The quantitative estimate of drug-likeness (QED) is 0.198. The van der Waals surface area contributed by atoms with Gasteiger partial charge in [0.15, 0.2) is 6.29 Å². The summed E-state index contributed by atoms with van der Waals surface area (Å²) in [5.41, 5.74) is 6.65. The maximum atomic E-state index is 12.1. The molecule has 4 atom stereocenters. The van der Waals surface area contributed by atoms with Gasteiger partial charge < -0.3 is 25.0 Å². The van der Waals surface area contributed by atoms with Crippen molar-refractivity contribution in [2.45, 2.75) is 50.9 Å². The summed E-state index contributed by atoms with van der Waals surface area (Å²) >= 11 is 0. The number of amides is 1. The molecule has 1 aliphatic rings. The second-order valence-corrected chi connectivity index (χ2v) is 9.33. The smallest absolute Gasteiger partial charge is 0.267 e. The number of fused-ring (bicyclic) bond motifs is 1. The third-order valence-electron chi connectivity index (χ3n) is 6.57. The first-order chi connectivity index (χ1) is 17.9. The second kappa shape index (κ2) is 13.0. The average molecular weight is 510 g/mol. The summed E-state index contributed by atoms with van der Waals surface area (Å²) in [6, 6.07) is 16.1. The average Bonchev–Trinajstić information content (AvgIpc) is 3.32. The zero-order valence-electron chi connectivity index (χ0n) is 20.9. The molecule has 1 fully saturated rings. The molecular formula is C28H35N3O6. The standard InChI is InChI=1S/C28H35N3O6/c1-19-28(35)25(33)16-27(36-19)37-30-26(34)11-10-20-6-8-21(9-7-20)18-31(14-15-32)13-12-22-17-29-24-5-3-2-4-23(22)24/h2-11,17,19,25,27-29,32-33,35H,12-16,18H2,1H3,(H,30,34)/b11-10+/t19-,25-,27-,28-/m0/s1. The summed E-state index contributed by atoms with van der Waals surface area (Å²) < 4.78 is 5.41. The first-order valence-corrected chi connectivity index (χ1v) is 12.6. The van der Waals surface area contributed by atoms with Crippen molar-refractivity contribution in [3.63, 3.8) is 0 Å². The molecule has 37 heavy (non-hydrogen) atoms. The van der Waals surface area contributed by atoms with Crippen molar-refractivity contribution < 1.29 is 29.7 Å². The number of hydrogen-bond donors (Lipinski definition) is 5. The number of hydrogen-bond acceptors (Lipinski definition) is 7. The Bertz CT molecular complexity index is 1170. The fourth-order valence-corrected chi connectivity index (χ4v) is 4.45. The van der Waals surface area contributed by atoms with E-state index < -0.39 is 30.5 Å². The van der Waals surface area contributed by atoms with E-state index in [-0.39, 0.29) is 13.0 Å². The van der Waals surface area contributed by atoms with Gasteiger partial charge in [0, 0.05) is 49.2 Å². The van der Waals surface area contributed by atoms with Crippen LogP contribution in [0.2, 0.25) is 0 Å². The van der Waals surface area contributed by atoms with Crippen molar-refractivity contribution >= 4 is 22.9 Å². The number of nitrogens with zero attached hydrogens (tertiary/aromatic N) is 1. The van der Waals surface area contributed by atoms with Gasteiger partial charge in [0.2, 0.25) is 0 Å². The highest BCUT2D eigenvalue weighted by molar-refractivity contribution is 5.90. The summed E-state index contributed by atoms with van der Waals surface area (Å²) in [5, 5.41) is 30.3. The molecule has 0 aliphatic carbocycles. The van der Waals surface area contributed by atoms with Crippen molar-refractivity contribution in [1.29, 1.82) is 0 Å². The van der Waals surface area contributed by atoms with Gasteiger partial charge >= 0.3 is 0 Å². The Morgan fingerprint density at radius 2 is 1.97 bits per heavy atom. The molecule has 0 radical (unpaired) electrons. The first-order valence-electron chi connectivity index (χ1n) is 12.6. The number of hydroxylamine groups is 1. The summed E-state index contributed by atoms with van der Waals surface area (Å²) in [7, 11) is 0. The molecule has 4 rings (SSSR count). The first kappa shape index (κ1) is 27.0. The predicted molar refractivity (Wildman–Crippen MR) is 140 cm³/mol. The summed E-state index contributed by atoms with van der Waals surface area (Å²) in [5.74, 6) is -0.465. The Hall–Kier alpha value is -3.05. The lowest BCUT2D eigenvalue weighted by molar-refractivity contribution is -0.262. The molecule has 0 bridgehead atoms. The van der Waals surface area contributed by atoms with Gasteiger partial charge in [0.25, 0.3) is 5.91 Å². The van der Waals surface area contributed by atoms with E-state index in [4.69, 9.17) is 9.57 Å². The number of carbonyl (C=O) groups is 1. The Morgan fingerprint density at radius 1 is 1.19 bits per heavy atom. The summed E-state index contributed by atoms with van der Waals surface area (Å²) in [6.07, 6.45) is 2.65. The molecule has 3 aromatic rings. The van der Waals surface area contributed by atoms with E-state index in [0.717, 1.165) is 29.6 Å². The number of aromatic nitrogens is 1. The van der Waals surface area contributed by atoms with Gasteiger partial charge in [-0.15, -0.1) is 0 Å². The molecule has 2 heterocycles. The lowest BCUT2D eigenvalue weighted by atomic mass is 10.0. The third kappa shape index (κ3) is 7.48. The largest absolute Gasteiger partial charge is 0.395 e. The van der Waals surface area contributed by atoms with E-state index in [1.807, 2.05) is 36.4 Å². The monoisotopic (exact) mass is 509 g/mol. The molecule has 0 spiro atoms. The summed E-state index contributed by atoms with van der Waals surface area (Å²) in [4.78, 5) is 22.8. The van der Waals surface area contributed by atoms with Crippen LogP contribution in [0.1, 0.15) is 30.0 Å². The van der Waals surface area contributed by atoms with Gasteiger partial charge in [-0.2, -0.15) is 0 Å². The van der Waals surface area contributed by atoms with Crippen LogP contribution in [0.4, 0.5) is 0 Å². The van der Waals surface area contributed by atoms with Crippen molar-refractivity contribution in [3.05, 3.63) is 77.5 Å². The highest BCUT2D eigenvalue weighted by atomic mass is 16.8. The van der Waals surface area contributed by atoms with Crippen LogP contribution >= 0.6 is 0 Å². The molecule has 1 saturated heterocycles. The lowest BCUT2D eigenvalue weighted by Crippen LogP contribution is -2.49. The fraction of sp³-hybridized carbons (Fsp3) is 0.393. The molecular weight excluding hydrogens is 474 g/mol. The maximum Gasteiger partial charge on any atom is 0.267 e. The number of carbonyl (C=O) groups excluding carboxylic acids is 1. The molecule has 0 unspecified atom stereocenters. The van der Waals surface area contributed by atoms with E-state index in [0.29, 0.717) is 13.1 Å². The minimum Gasteiger partial charge on any atom is -0.395 e. The van der Waals surface area contributed by atoms with Crippen LogP contribution in [-0.2, 0) is 27.3 Å². The molecule has 1 amide bonds. The number of ether oxygens (including phenoxy) is 1. The topological polar surface area (TPSA) is 127 Å². The highest BCUT2D eigenvalue weighted by Gasteiger charge is 2.35. The Balaban J connectivity index is 1.25. The van der Waals surface area contributed by atoms with Crippen LogP contribution in [0.3, 0.4) is 0 Å². The maximum absolute atomic E-state index is 12.1. The van der Waals surface area contributed by atoms with Crippen molar-refractivity contribution in [3.8, 4) is 0 Å². The minimum absolute atomic E-state index is 0.0616. The van der Waals surface area contributed by atoms with E-state index in [1.165, 1.54) is 17.0 Å². The zero-order chi connectivity index (χ0) is 26.2. The van der Waals surface area contributed by atoms with Crippen LogP contribution < -0.4 is 5.48 Å². The van der Waals surface area contributed by atoms with Crippen molar-refractivity contribution in [2.75, 3.05) is 19.7 Å². The van der Waals surface area contributed by atoms with Gasteiger partial charge in [-0.05, 0) is 42.2 Å². The number of aliphatic hydroxyl groups excluding tert-OH is 3. The second-order valence-electron chi connectivity index (χ2n) is 9.33. The van der Waals surface area contributed by atoms with Gasteiger partial charge in [-0.3, -0.25) is 9.69 Å². The number of benzene rings is 2. The molecule has 1 aliphatic heterocycles. The minimum atomic E-state index is -0.978. The van der Waals surface area contributed by atoms with Crippen molar-refractivity contribution in [2.24, 2.45) is 0 Å². The Morgan fingerprint density at radius 3 is 2.73 bits per heavy atom. The van der Waals surface area contributed by atoms with Gasteiger partial charge in [-0.1, -0.05) is 42.5 Å². The molecule has 1 aromatic heterocycles. The summed E-state index contributed by atoms with van der Waals surface area (Å²) in [6.45, 7) is 3.84. The number of para-hydroxylation sites is 1. The van der Waals surface area contributed by atoms with Crippen LogP contribution in [-0.4, -0.2) is 75.4 Å². The van der Waals surface area contributed by atoms with Crippen LogP contribution in [0.25, 0.3) is 17.0 Å². The van der Waals surface area contributed by atoms with Crippen molar-refractivity contribution in [1.82, 2.24) is 15.4 Å². The zero-order valence-corrected chi connectivity index (χ0v) is 20.9. The Labute approximate surface area is 216 Å². The van der Waals surface area contributed by atoms with E-state index in [1.54, 1.807) is 13.0 Å². The number of H-pyrrole nitrogens is 1. The molecule has 198 valence electrons. The molecule has 2 aromatic carbocycles. The van der Waals surface area contributed by atoms with Gasteiger partial charge in [-0.25, -0.2) is 10.3 Å². The van der Waals surface area contributed by atoms with E-state index in [9.17, 15) is 20.1 Å². The van der Waals surface area contributed by atoms with Gasteiger partial charge in [0.05, 0.1) is 18.8 Å². The Kier molecular flexibility index (Phi) is 9.45. The molecule has 9 nitrogen and oxygen atoms in total. The van der Waals surface area contributed by atoms with Crippen LogP contribution in [0.15, 0.2) is 60.8 Å². The third-order valence-corrected chi connectivity index (χ3v) is 6.57. The SMILES string of the molecule is C[C@@H]1O[C@@H](ONC(=O)/C=C/c2ccc(CN(CCO)CCc3c[nH]c4ccccc34)cc2)C[C@H](O)[C@H]1O. The predicted octanol–water partition coefficient (Wildman–Crippen LogP) is 2.12. The van der Waals surface area contributed by atoms with E-state index >= 15 is 0 Å². The van der Waals surface area contributed by atoms with Crippen LogP contribution in [0, 0.1) is 0 Å². The molecule has 9 heteroatoms. The molecule has 5 N–H and O–H groups in total. The number of aliphatic hydroxyl groups is 3. The normalized spacial score (nSPS) is 22.2. The number of rotatable bonds is 11. The number of aromatic amines is 1. The highest BCUT2D eigenvalue weighted by Crippen LogP contribution is 2.21.